The number of nitrogens with zero attached hydrogens (tertiary/aromatic N) is 10. The zero-order chi connectivity index (χ0) is 30.9. The maximum atomic E-state index is 6.05. The van der Waals surface area contributed by atoms with Gasteiger partial charge in [-0.3, -0.25) is 8.80 Å². The predicted octanol–water partition coefficient (Wildman–Crippen LogP) is 4.74. The molecule has 8 aromatic heterocycles. The van der Waals surface area contributed by atoms with Gasteiger partial charge in [-0.1, -0.05) is 0 Å². The molecule has 222 valence electrons. The summed E-state index contributed by atoms with van der Waals surface area (Å²) in [6, 6.07) is 15.3. The van der Waals surface area contributed by atoms with E-state index in [0.29, 0.717) is 17.1 Å². The van der Waals surface area contributed by atoms with E-state index in [1.54, 1.807) is 37.2 Å². The molecule has 0 unspecified atom stereocenters. The molecule has 0 aliphatic heterocycles. The standard InChI is InChI=1S/C15H12N6O2S.C15H12N6/c1-22-23-24-15-19-7-4-10(20-15)12-9-3-2-6-17-13(9)21-11(12)5-8-18-14(21)16;1-9-17-7-4-11(20-9)13-10-3-2-6-18-14(10)21-12(13)5-8-19-15(21)16/h2-8H,1H3,(H2,16,18);2-8H,1H3,(H2,16,19). The highest BCUT2D eigenvalue weighted by Gasteiger charge is 2.19. The Balaban J connectivity index is 0.000000146. The van der Waals surface area contributed by atoms with Crippen molar-refractivity contribution in [1.82, 2.24) is 48.7 Å². The molecule has 4 N–H and O–H groups in total. The third-order valence-electron chi connectivity index (χ3n) is 6.96. The Bertz CT molecular complexity index is 2340. The van der Waals surface area contributed by atoms with Gasteiger partial charge >= 0.3 is 0 Å². The van der Waals surface area contributed by atoms with Gasteiger partial charge in [0, 0.05) is 59.1 Å². The molecule has 0 aliphatic rings. The van der Waals surface area contributed by atoms with E-state index in [2.05, 4.69) is 44.8 Å². The van der Waals surface area contributed by atoms with E-state index in [-0.39, 0.29) is 0 Å². The van der Waals surface area contributed by atoms with E-state index >= 15 is 0 Å². The van der Waals surface area contributed by atoms with Crippen molar-refractivity contribution in [2.75, 3.05) is 18.6 Å². The Morgan fingerprint density at radius 2 is 1.16 bits per heavy atom. The maximum absolute atomic E-state index is 6.05. The van der Waals surface area contributed by atoms with E-state index in [4.69, 9.17) is 15.8 Å². The first-order valence-electron chi connectivity index (χ1n) is 13.5. The zero-order valence-electron chi connectivity index (χ0n) is 23.9. The van der Waals surface area contributed by atoms with Crippen molar-refractivity contribution >= 4 is 57.0 Å². The predicted molar refractivity (Wildman–Crippen MR) is 171 cm³/mol. The highest BCUT2D eigenvalue weighted by molar-refractivity contribution is 7.94. The number of anilines is 2. The summed E-state index contributed by atoms with van der Waals surface area (Å²) in [5.74, 6) is 1.51. The fourth-order valence-corrected chi connectivity index (χ4v) is 5.62. The Morgan fingerprint density at radius 3 is 1.71 bits per heavy atom. The van der Waals surface area contributed by atoms with Gasteiger partial charge in [0.15, 0.2) is 0 Å². The zero-order valence-corrected chi connectivity index (χ0v) is 24.8. The summed E-state index contributed by atoms with van der Waals surface area (Å²) < 4.78 is 8.49. The lowest BCUT2D eigenvalue weighted by Gasteiger charge is -2.03. The second-order valence-electron chi connectivity index (χ2n) is 9.58. The molecule has 0 spiro atoms. The van der Waals surface area contributed by atoms with Gasteiger partial charge in [-0.2, -0.15) is 4.33 Å². The minimum absolute atomic E-state index is 0.369. The molecule has 0 amide bonds. The highest BCUT2D eigenvalue weighted by Crippen LogP contribution is 2.35. The van der Waals surface area contributed by atoms with Gasteiger partial charge in [0.2, 0.25) is 17.1 Å². The molecule has 8 aromatic rings. The summed E-state index contributed by atoms with van der Waals surface area (Å²) in [7, 11) is 1.42. The van der Waals surface area contributed by atoms with Crippen molar-refractivity contribution in [2.45, 2.75) is 12.1 Å². The number of nitrogen functional groups attached to an aromatic ring is 2. The van der Waals surface area contributed by atoms with Crippen LogP contribution in [0.2, 0.25) is 0 Å². The quantitative estimate of drug-likeness (QED) is 0.117. The lowest BCUT2D eigenvalue weighted by Crippen LogP contribution is -1.99. The maximum Gasteiger partial charge on any atom is 0.218 e. The molecule has 0 saturated carbocycles. The largest absolute Gasteiger partial charge is 0.369 e. The molecule has 8 rings (SSSR count). The summed E-state index contributed by atoms with van der Waals surface area (Å²) in [6.07, 6.45) is 10.3. The number of hydrogen-bond donors (Lipinski definition) is 2. The molecule has 0 atom stereocenters. The summed E-state index contributed by atoms with van der Waals surface area (Å²) in [5, 5.41) is 2.36. The van der Waals surface area contributed by atoms with Crippen molar-refractivity contribution in [3.63, 3.8) is 0 Å². The van der Waals surface area contributed by atoms with Crippen molar-refractivity contribution in [1.29, 1.82) is 0 Å². The van der Waals surface area contributed by atoms with Crippen LogP contribution in [0.4, 0.5) is 11.9 Å². The lowest BCUT2D eigenvalue weighted by atomic mass is 10.1. The molecule has 8 heterocycles. The second kappa shape index (κ2) is 11.7. The summed E-state index contributed by atoms with van der Waals surface area (Å²) in [4.78, 5) is 39.1. The van der Waals surface area contributed by atoms with Crippen LogP contribution in [0.15, 0.2) is 90.9 Å². The van der Waals surface area contributed by atoms with Crippen LogP contribution in [-0.2, 0) is 9.22 Å². The van der Waals surface area contributed by atoms with E-state index < -0.39 is 0 Å². The van der Waals surface area contributed by atoms with Gasteiger partial charge in [0.05, 0.1) is 29.5 Å². The van der Waals surface area contributed by atoms with E-state index in [0.717, 1.165) is 73.5 Å². The van der Waals surface area contributed by atoms with Crippen LogP contribution in [0.1, 0.15) is 5.82 Å². The molecule has 15 heteroatoms. The molecule has 0 bridgehead atoms. The lowest BCUT2D eigenvalue weighted by molar-refractivity contribution is -0.160. The molecule has 0 radical (unpaired) electrons. The minimum atomic E-state index is 0.369. The van der Waals surface area contributed by atoms with Gasteiger partial charge in [-0.25, -0.2) is 44.8 Å². The van der Waals surface area contributed by atoms with Gasteiger partial charge < -0.3 is 11.5 Å². The van der Waals surface area contributed by atoms with Crippen molar-refractivity contribution in [2.24, 2.45) is 0 Å². The molecule has 14 nitrogen and oxygen atoms in total. The smallest absolute Gasteiger partial charge is 0.218 e. The number of rotatable bonds is 5. The Hall–Kier alpha value is -5.77. The average molecular weight is 617 g/mol. The molecule has 45 heavy (non-hydrogen) atoms. The normalized spacial score (nSPS) is 11.3. The van der Waals surface area contributed by atoms with Crippen LogP contribution in [0.3, 0.4) is 0 Å². The van der Waals surface area contributed by atoms with E-state index in [1.807, 2.05) is 64.3 Å². The number of nitrogens with two attached hydrogens (primary N) is 2. The minimum Gasteiger partial charge on any atom is -0.369 e. The topological polar surface area (TPSA) is 182 Å². The molecular formula is C30H24N12O2S. The monoisotopic (exact) mass is 616 g/mol. The summed E-state index contributed by atoms with van der Waals surface area (Å²) in [6.45, 7) is 1.87. The Labute approximate surface area is 259 Å². The van der Waals surface area contributed by atoms with Crippen LogP contribution < -0.4 is 11.5 Å². The van der Waals surface area contributed by atoms with Gasteiger partial charge in [-0.05, 0) is 55.5 Å². The number of aromatic nitrogens is 10. The number of aryl methyl sites for hydroxylation is 1. The van der Waals surface area contributed by atoms with Crippen LogP contribution >= 0.6 is 12.0 Å². The van der Waals surface area contributed by atoms with Gasteiger partial charge in [-0.15, -0.1) is 0 Å². The van der Waals surface area contributed by atoms with Crippen LogP contribution in [0.5, 0.6) is 0 Å². The first kappa shape index (κ1) is 28.0. The average Bonchev–Trinajstić information content (AvgIpc) is 3.59. The van der Waals surface area contributed by atoms with Gasteiger partial charge in [0.25, 0.3) is 0 Å². The van der Waals surface area contributed by atoms with Crippen LogP contribution in [0, 0.1) is 6.92 Å². The Kier molecular flexibility index (Phi) is 7.30. The van der Waals surface area contributed by atoms with Crippen molar-refractivity contribution in [3.05, 3.63) is 91.5 Å². The number of pyridine rings is 2. The highest BCUT2D eigenvalue weighted by atomic mass is 32.2. The van der Waals surface area contributed by atoms with Crippen LogP contribution in [-0.4, -0.2) is 55.8 Å². The fourth-order valence-electron chi connectivity index (χ4n) is 5.25. The van der Waals surface area contributed by atoms with Crippen LogP contribution in [0.25, 0.3) is 55.6 Å². The first-order chi connectivity index (χ1) is 22.0. The Morgan fingerprint density at radius 1 is 0.622 bits per heavy atom. The third-order valence-corrected chi connectivity index (χ3v) is 7.51. The summed E-state index contributed by atoms with van der Waals surface area (Å²) >= 11 is 0.942. The van der Waals surface area contributed by atoms with E-state index in [1.165, 1.54) is 7.11 Å². The third kappa shape index (κ3) is 5.00. The first-order valence-corrected chi connectivity index (χ1v) is 14.3. The number of hydrogen-bond acceptors (Lipinski definition) is 13. The summed E-state index contributed by atoms with van der Waals surface area (Å²) in [5.41, 5.74) is 18.9. The molecule has 0 aromatic carbocycles. The SMILES string of the molecule is COOSc1nccc(-c2c3cccnc3n3c(N)nccc23)n1.Cc1nccc(-c2c3cccnc3n3c(N)nccc23)n1. The molecule has 0 fully saturated rings. The van der Waals surface area contributed by atoms with Crippen molar-refractivity contribution < 1.29 is 9.22 Å². The van der Waals surface area contributed by atoms with Gasteiger partial charge in [0.1, 0.15) is 29.2 Å². The number of fused-ring (bicyclic) bond motifs is 6. The molecule has 0 saturated heterocycles. The molecular weight excluding hydrogens is 592 g/mol. The fraction of sp³-hybridized carbons (Fsp3) is 0.0667. The van der Waals surface area contributed by atoms with E-state index in [9.17, 15) is 0 Å². The van der Waals surface area contributed by atoms with Crippen molar-refractivity contribution in [3.8, 4) is 22.5 Å². The second-order valence-corrected chi connectivity index (χ2v) is 10.2. The molecule has 0 aliphatic carbocycles.